The molecule has 0 aliphatic rings. The van der Waals surface area contributed by atoms with Gasteiger partial charge in [-0.05, 0) is 30.7 Å². The van der Waals surface area contributed by atoms with E-state index < -0.39 is 0 Å². The molecule has 0 fully saturated rings. The molecule has 0 spiro atoms. The minimum atomic E-state index is -0.0817. The fourth-order valence-electron chi connectivity index (χ4n) is 1.57. The van der Waals surface area contributed by atoms with Crippen LogP contribution in [0.5, 0.6) is 0 Å². The summed E-state index contributed by atoms with van der Waals surface area (Å²) in [5.74, 6) is 5.74. The molecule has 4 heteroatoms. The monoisotopic (exact) mass is 261 g/mol. The molecule has 0 saturated heterocycles. The molecule has 1 amide bonds. The summed E-state index contributed by atoms with van der Waals surface area (Å²) in [4.78, 5) is 11.6. The number of aliphatic hydroxyl groups is 1. The average Bonchev–Trinajstić information content (AvgIpc) is 2.36. The zero-order valence-electron chi connectivity index (χ0n) is 11.3. The van der Waals surface area contributed by atoms with Crippen molar-refractivity contribution in [2.24, 2.45) is 0 Å². The van der Waals surface area contributed by atoms with Crippen molar-refractivity contribution >= 4 is 11.6 Å². The van der Waals surface area contributed by atoms with Crippen LogP contribution in [0.4, 0.5) is 5.69 Å². The molecule has 1 aromatic rings. The summed E-state index contributed by atoms with van der Waals surface area (Å²) >= 11 is 0. The summed E-state index contributed by atoms with van der Waals surface area (Å²) in [7, 11) is 1.56. The van der Waals surface area contributed by atoms with Crippen LogP contribution >= 0.6 is 0 Å². The van der Waals surface area contributed by atoms with E-state index in [2.05, 4.69) is 17.2 Å². The van der Waals surface area contributed by atoms with Gasteiger partial charge < -0.3 is 15.2 Å². The van der Waals surface area contributed by atoms with Gasteiger partial charge in [0.2, 0.25) is 5.91 Å². The van der Waals surface area contributed by atoms with Crippen LogP contribution in [0, 0.1) is 18.8 Å². The third-order valence-corrected chi connectivity index (χ3v) is 2.36. The van der Waals surface area contributed by atoms with Gasteiger partial charge in [-0.2, -0.15) is 0 Å². The van der Waals surface area contributed by atoms with Gasteiger partial charge in [0.15, 0.2) is 0 Å². The molecule has 1 aromatic carbocycles. The van der Waals surface area contributed by atoms with E-state index in [-0.39, 0.29) is 12.5 Å². The minimum Gasteiger partial charge on any atom is -0.395 e. The molecule has 0 bridgehead atoms. The van der Waals surface area contributed by atoms with Crippen LogP contribution in [0.15, 0.2) is 18.2 Å². The molecule has 19 heavy (non-hydrogen) atoms. The molecule has 2 N–H and O–H groups in total. The maximum atomic E-state index is 11.6. The predicted molar refractivity (Wildman–Crippen MR) is 74.9 cm³/mol. The third kappa shape index (κ3) is 6.05. The van der Waals surface area contributed by atoms with Crippen molar-refractivity contribution in [3.63, 3.8) is 0 Å². The van der Waals surface area contributed by atoms with Gasteiger partial charge in [0.25, 0.3) is 0 Å². The summed E-state index contributed by atoms with van der Waals surface area (Å²) in [5, 5.41) is 11.5. The number of methoxy groups -OCH3 is 1. The minimum absolute atomic E-state index is 0.0550. The number of benzene rings is 1. The Hall–Kier alpha value is -1.83. The first-order chi connectivity index (χ1) is 9.15. The molecule has 0 aliphatic heterocycles. The zero-order valence-corrected chi connectivity index (χ0v) is 11.3. The zero-order chi connectivity index (χ0) is 14.1. The second-order valence-corrected chi connectivity index (χ2v) is 4.15. The van der Waals surface area contributed by atoms with Gasteiger partial charge in [0.05, 0.1) is 19.6 Å². The molecule has 0 atom stereocenters. The van der Waals surface area contributed by atoms with Crippen molar-refractivity contribution in [1.29, 1.82) is 0 Å². The molecular formula is C15H19NO3. The number of nitrogens with one attached hydrogen (secondary N) is 1. The number of ether oxygens (including phenoxy) is 1. The quantitative estimate of drug-likeness (QED) is 0.793. The Kier molecular flexibility index (Phi) is 6.65. The van der Waals surface area contributed by atoms with Crippen LogP contribution in [0.2, 0.25) is 0 Å². The van der Waals surface area contributed by atoms with Crippen molar-refractivity contribution < 1.29 is 14.6 Å². The van der Waals surface area contributed by atoms with Crippen molar-refractivity contribution in [3.05, 3.63) is 29.3 Å². The Labute approximate surface area is 113 Å². The standard InChI is InChI=1S/C15H19NO3/c1-12-9-13(5-3-4-7-17)11-14(10-12)16-15(18)6-8-19-2/h9-11,17H,4,6-8H2,1-2H3,(H,16,18). The van der Waals surface area contributed by atoms with Crippen LogP contribution in [-0.4, -0.2) is 31.3 Å². The van der Waals surface area contributed by atoms with E-state index in [1.54, 1.807) is 7.11 Å². The Morgan fingerprint density at radius 1 is 1.42 bits per heavy atom. The summed E-state index contributed by atoms with van der Waals surface area (Å²) in [6, 6.07) is 5.65. The van der Waals surface area contributed by atoms with Crippen molar-refractivity contribution in [3.8, 4) is 11.8 Å². The first-order valence-corrected chi connectivity index (χ1v) is 6.16. The second-order valence-electron chi connectivity index (χ2n) is 4.15. The smallest absolute Gasteiger partial charge is 0.226 e. The number of aryl methyl sites for hydroxylation is 1. The lowest BCUT2D eigenvalue weighted by Crippen LogP contribution is -2.13. The van der Waals surface area contributed by atoms with Gasteiger partial charge in [-0.15, -0.1) is 0 Å². The van der Waals surface area contributed by atoms with Gasteiger partial charge in [-0.3, -0.25) is 4.79 Å². The third-order valence-electron chi connectivity index (χ3n) is 2.36. The lowest BCUT2D eigenvalue weighted by molar-refractivity contribution is -0.117. The summed E-state index contributed by atoms with van der Waals surface area (Å²) in [6.45, 7) is 2.41. The van der Waals surface area contributed by atoms with E-state index in [0.29, 0.717) is 19.4 Å². The highest BCUT2D eigenvalue weighted by molar-refractivity contribution is 5.91. The number of rotatable bonds is 5. The largest absolute Gasteiger partial charge is 0.395 e. The maximum Gasteiger partial charge on any atom is 0.226 e. The molecule has 0 radical (unpaired) electrons. The van der Waals surface area contributed by atoms with Crippen LogP contribution in [0.25, 0.3) is 0 Å². The number of amides is 1. The normalized spacial score (nSPS) is 9.63. The van der Waals surface area contributed by atoms with Gasteiger partial charge in [0, 0.05) is 24.8 Å². The molecule has 0 heterocycles. The lowest BCUT2D eigenvalue weighted by Gasteiger charge is -2.06. The lowest BCUT2D eigenvalue weighted by atomic mass is 10.1. The van der Waals surface area contributed by atoms with E-state index in [1.807, 2.05) is 25.1 Å². The molecule has 4 nitrogen and oxygen atoms in total. The highest BCUT2D eigenvalue weighted by Gasteiger charge is 2.03. The summed E-state index contributed by atoms with van der Waals surface area (Å²) in [6.07, 6.45) is 0.777. The number of hydrogen-bond donors (Lipinski definition) is 2. The predicted octanol–water partition coefficient (Wildman–Crippen LogP) is 1.70. The fraction of sp³-hybridized carbons (Fsp3) is 0.400. The number of anilines is 1. The molecular weight excluding hydrogens is 242 g/mol. The molecule has 0 saturated carbocycles. The van der Waals surface area contributed by atoms with Gasteiger partial charge in [-0.1, -0.05) is 11.8 Å². The Morgan fingerprint density at radius 2 is 2.21 bits per heavy atom. The second kappa shape index (κ2) is 8.30. The number of carbonyl (C=O) groups excluding carboxylic acids is 1. The number of aliphatic hydroxyl groups excluding tert-OH is 1. The van der Waals surface area contributed by atoms with E-state index in [9.17, 15) is 4.79 Å². The number of carbonyl (C=O) groups is 1. The molecule has 0 aliphatic carbocycles. The highest BCUT2D eigenvalue weighted by atomic mass is 16.5. The summed E-state index contributed by atoms with van der Waals surface area (Å²) in [5.41, 5.74) is 2.59. The van der Waals surface area contributed by atoms with E-state index in [0.717, 1.165) is 16.8 Å². The van der Waals surface area contributed by atoms with Crippen LogP contribution < -0.4 is 5.32 Å². The highest BCUT2D eigenvalue weighted by Crippen LogP contribution is 2.14. The summed E-state index contributed by atoms with van der Waals surface area (Å²) < 4.78 is 4.86. The van der Waals surface area contributed by atoms with Crippen LogP contribution in [-0.2, 0) is 9.53 Å². The van der Waals surface area contributed by atoms with Gasteiger partial charge in [0.1, 0.15) is 0 Å². The van der Waals surface area contributed by atoms with E-state index >= 15 is 0 Å². The van der Waals surface area contributed by atoms with Gasteiger partial charge >= 0.3 is 0 Å². The van der Waals surface area contributed by atoms with Crippen LogP contribution in [0.3, 0.4) is 0 Å². The number of hydrogen-bond acceptors (Lipinski definition) is 3. The fourth-order valence-corrected chi connectivity index (χ4v) is 1.57. The van der Waals surface area contributed by atoms with Crippen molar-refractivity contribution in [2.75, 3.05) is 25.6 Å². The van der Waals surface area contributed by atoms with E-state index in [4.69, 9.17) is 9.84 Å². The van der Waals surface area contributed by atoms with Crippen molar-refractivity contribution in [1.82, 2.24) is 0 Å². The topological polar surface area (TPSA) is 58.6 Å². The maximum absolute atomic E-state index is 11.6. The first kappa shape index (κ1) is 15.2. The first-order valence-electron chi connectivity index (χ1n) is 6.16. The SMILES string of the molecule is COCCC(=O)Nc1cc(C)cc(C#CCCO)c1. The van der Waals surface area contributed by atoms with E-state index in [1.165, 1.54) is 0 Å². The van der Waals surface area contributed by atoms with Crippen LogP contribution in [0.1, 0.15) is 24.0 Å². The molecule has 102 valence electrons. The Bertz CT molecular complexity index is 486. The molecule has 0 aromatic heterocycles. The average molecular weight is 261 g/mol. The Balaban J connectivity index is 2.74. The van der Waals surface area contributed by atoms with Crippen molar-refractivity contribution in [2.45, 2.75) is 19.8 Å². The molecule has 0 unspecified atom stereocenters. The Morgan fingerprint density at radius 3 is 2.89 bits per heavy atom. The molecule has 1 rings (SSSR count). The van der Waals surface area contributed by atoms with Gasteiger partial charge in [-0.25, -0.2) is 0 Å².